The highest BCUT2D eigenvalue weighted by Crippen LogP contribution is 2.43. The Balaban J connectivity index is 1.42. The summed E-state index contributed by atoms with van der Waals surface area (Å²) in [6, 6.07) is 17.1. The van der Waals surface area contributed by atoms with Gasteiger partial charge in [-0.1, -0.05) is 25.1 Å². The van der Waals surface area contributed by atoms with Gasteiger partial charge in [0.2, 0.25) is 5.91 Å². The van der Waals surface area contributed by atoms with E-state index in [4.69, 9.17) is 0 Å². The van der Waals surface area contributed by atoms with Crippen LogP contribution in [-0.2, 0) is 17.6 Å². The number of hydrogen-bond donors (Lipinski definition) is 0. The first kappa shape index (κ1) is 18.0. The summed E-state index contributed by atoms with van der Waals surface area (Å²) >= 11 is 0. The van der Waals surface area contributed by atoms with Crippen molar-refractivity contribution in [3.63, 3.8) is 0 Å². The summed E-state index contributed by atoms with van der Waals surface area (Å²) in [6.07, 6.45) is 3.29. The van der Waals surface area contributed by atoms with Crippen LogP contribution in [0.2, 0.25) is 0 Å². The first-order chi connectivity index (χ1) is 14.0. The van der Waals surface area contributed by atoms with Crippen LogP contribution in [0.4, 0.5) is 10.1 Å². The Hall–Kier alpha value is -3.01. The van der Waals surface area contributed by atoms with Crippen LogP contribution in [0.5, 0.6) is 0 Å². The first-order valence-corrected chi connectivity index (χ1v) is 10.2. The standard InChI is InChI=1S/C25H23FN2O/c1-15-16(2)28(24-9-8-21(26)14-22(15)24)25(29)20-11-17-6-7-18(12-19(17)13-20)23-5-3-4-10-27-23/h3-10,12,14-16,20H,11,13H2,1-2H3/t15-,16-,20-/m1/s1. The molecule has 0 spiro atoms. The number of amides is 1. The second-order valence-corrected chi connectivity index (χ2v) is 8.24. The van der Waals surface area contributed by atoms with Gasteiger partial charge in [-0.2, -0.15) is 0 Å². The molecule has 2 heterocycles. The fourth-order valence-corrected chi connectivity index (χ4v) is 4.81. The lowest BCUT2D eigenvalue weighted by Crippen LogP contribution is -2.41. The van der Waals surface area contributed by atoms with E-state index in [2.05, 4.69) is 37.0 Å². The lowest BCUT2D eigenvalue weighted by atomic mass is 9.98. The van der Waals surface area contributed by atoms with Gasteiger partial charge in [-0.3, -0.25) is 9.78 Å². The van der Waals surface area contributed by atoms with Crippen molar-refractivity contribution in [3.8, 4) is 11.3 Å². The molecule has 3 nitrogen and oxygen atoms in total. The number of carbonyl (C=O) groups is 1. The molecule has 1 aromatic heterocycles. The molecular weight excluding hydrogens is 363 g/mol. The summed E-state index contributed by atoms with van der Waals surface area (Å²) < 4.78 is 13.7. The van der Waals surface area contributed by atoms with E-state index in [0.717, 1.165) is 35.3 Å². The SMILES string of the molecule is C[C@@H]1[C@@H](C)c2cc(F)ccc2N1C(=O)[C@@H]1Cc2ccc(-c3ccccn3)cc2C1. The third-order valence-corrected chi connectivity index (χ3v) is 6.56. The van der Waals surface area contributed by atoms with Crippen LogP contribution in [0, 0.1) is 11.7 Å². The molecule has 0 unspecified atom stereocenters. The molecule has 0 saturated carbocycles. The number of fused-ring (bicyclic) bond motifs is 2. The zero-order valence-corrected chi connectivity index (χ0v) is 16.6. The molecule has 3 aromatic rings. The Morgan fingerprint density at radius 1 is 1.03 bits per heavy atom. The van der Waals surface area contributed by atoms with Crippen LogP contribution in [0.25, 0.3) is 11.3 Å². The fraction of sp³-hybridized carbons (Fsp3) is 0.280. The molecule has 0 radical (unpaired) electrons. The number of hydrogen-bond acceptors (Lipinski definition) is 2. The van der Waals surface area contributed by atoms with Gasteiger partial charge in [-0.25, -0.2) is 4.39 Å². The number of nitrogens with zero attached hydrogens (tertiary/aromatic N) is 2. The highest BCUT2D eigenvalue weighted by molar-refractivity contribution is 5.98. The predicted octanol–water partition coefficient (Wildman–Crippen LogP) is 5.14. The molecule has 2 aromatic carbocycles. The summed E-state index contributed by atoms with van der Waals surface area (Å²) in [4.78, 5) is 19.8. The van der Waals surface area contributed by atoms with E-state index < -0.39 is 0 Å². The van der Waals surface area contributed by atoms with Gasteiger partial charge in [0.25, 0.3) is 0 Å². The molecule has 0 saturated heterocycles. The topological polar surface area (TPSA) is 33.2 Å². The van der Waals surface area contributed by atoms with Crippen LogP contribution in [0.3, 0.4) is 0 Å². The third-order valence-electron chi connectivity index (χ3n) is 6.56. The Morgan fingerprint density at radius 3 is 2.66 bits per heavy atom. The van der Waals surface area contributed by atoms with Gasteiger partial charge in [0.05, 0.1) is 5.69 Å². The second kappa shape index (κ2) is 6.80. The van der Waals surface area contributed by atoms with Crippen LogP contribution in [-0.4, -0.2) is 16.9 Å². The molecule has 5 rings (SSSR count). The van der Waals surface area contributed by atoms with E-state index in [1.54, 1.807) is 18.3 Å². The Kier molecular flexibility index (Phi) is 4.23. The van der Waals surface area contributed by atoms with Crippen molar-refractivity contribution in [3.05, 3.63) is 83.3 Å². The van der Waals surface area contributed by atoms with E-state index >= 15 is 0 Å². The Bertz CT molecular complexity index is 1100. The predicted molar refractivity (Wildman–Crippen MR) is 112 cm³/mol. The van der Waals surface area contributed by atoms with Gasteiger partial charge in [-0.15, -0.1) is 0 Å². The van der Waals surface area contributed by atoms with Crippen LogP contribution in [0.1, 0.15) is 36.5 Å². The Morgan fingerprint density at radius 2 is 1.86 bits per heavy atom. The number of rotatable bonds is 2. The van der Waals surface area contributed by atoms with E-state index in [0.29, 0.717) is 0 Å². The normalized spacial score (nSPS) is 22.4. The maximum Gasteiger partial charge on any atom is 0.231 e. The quantitative estimate of drug-likeness (QED) is 0.611. The summed E-state index contributed by atoms with van der Waals surface area (Å²) in [7, 11) is 0. The smallest absolute Gasteiger partial charge is 0.231 e. The number of anilines is 1. The number of halogens is 1. The molecule has 146 valence electrons. The maximum absolute atomic E-state index is 13.7. The van der Waals surface area contributed by atoms with Crippen molar-refractivity contribution in [2.75, 3.05) is 4.90 Å². The largest absolute Gasteiger partial charge is 0.308 e. The molecule has 0 bridgehead atoms. The zero-order chi connectivity index (χ0) is 20.1. The van der Waals surface area contributed by atoms with Crippen molar-refractivity contribution >= 4 is 11.6 Å². The van der Waals surface area contributed by atoms with E-state index in [-0.39, 0.29) is 29.6 Å². The minimum atomic E-state index is -0.243. The minimum absolute atomic E-state index is 0.0343. The Labute approximate surface area is 170 Å². The highest BCUT2D eigenvalue weighted by atomic mass is 19.1. The highest BCUT2D eigenvalue weighted by Gasteiger charge is 2.40. The molecule has 0 N–H and O–H groups in total. The van der Waals surface area contributed by atoms with Gasteiger partial charge in [0, 0.05) is 35.3 Å². The molecule has 1 amide bonds. The van der Waals surface area contributed by atoms with Crippen LogP contribution in [0.15, 0.2) is 60.8 Å². The van der Waals surface area contributed by atoms with E-state index in [9.17, 15) is 9.18 Å². The molecule has 1 aliphatic carbocycles. The van der Waals surface area contributed by atoms with Gasteiger partial charge >= 0.3 is 0 Å². The molecule has 29 heavy (non-hydrogen) atoms. The molecule has 2 aliphatic rings. The van der Waals surface area contributed by atoms with Gasteiger partial charge in [0.1, 0.15) is 5.82 Å². The van der Waals surface area contributed by atoms with E-state index in [1.165, 1.54) is 17.2 Å². The third kappa shape index (κ3) is 2.94. The average molecular weight is 386 g/mol. The number of carbonyl (C=O) groups excluding carboxylic acids is 1. The van der Waals surface area contributed by atoms with Crippen molar-refractivity contribution in [2.24, 2.45) is 5.92 Å². The molecule has 4 heteroatoms. The monoisotopic (exact) mass is 386 g/mol. The molecule has 0 fully saturated rings. The fourth-order valence-electron chi connectivity index (χ4n) is 4.81. The lowest BCUT2D eigenvalue weighted by Gasteiger charge is -2.27. The molecular formula is C25H23FN2O. The summed E-state index contributed by atoms with van der Waals surface area (Å²) in [5.74, 6) is -0.0449. The molecule has 3 atom stereocenters. The van der Waals surface area contributed by atoms with Gasteiger partial charge in [-0.05, 0) is 72.9 Å². The van der Waals surface area contributed by atoms with Crippen molar-refractivity contribution < 1.29 is 9.18 Å². The number of pyridine rings is 1. The summed E-state index contributed by atoms with van der Waals surface area (Å²) in [5, 5.41) is 0. The number of aromatic nitrogens is 1. The maximum atomic E-state index is 13.7. The van der Waals surface area contributed by atoms with Crippen molar-refractivity contribution in [1.29, 1.82) is 0 Å². The lowest BCUT2D eigenvalue weighted by molar-refractivity contribution is -0.122. The van der Waals surface area contributed by atoms with Gasteiger partial charge in [0.15, 0.2) is 0 Å². The summed E-state index contributed by atoms with van der Waals surface area (Å²) in [5.41, 5.74) is 6.29. The van der Waals surface area contributed by atoms with Gasteiger partial charge < -0.3 is 4.90 Å². The first-order valence-electron chi connectivity index (χ1n) is 10.2. The second-order valence-electron chi connectivity index (χ2n) is 8.24. The van der Waals surface area contributed by atoms with E-state index in [1.807, 2.05) is 23.1 Å². The summed E-state index contributed by atoms with van der Waals surface area (Å²) in [6.45, 7) is 4.13. The van der Waals surface area contributed by atoms with Crippen molar-refractivity contribution in [1.82, 2.24) is 4.98 Å². The van der Waals surface area contributed by atoms with Crippen LogP contribution >= 0.6 is 0 Å². The molecule has 1 aliphatic heterocycles. The zero-order valence-electron chi connectivity index (χ0n) is 16.6. The van der Waals surface area contributed by atoms with Crippen LogP contribution < -0.4 is 4.90 Å². The van der Waals surface area contributed by atoms with Crippen molar-refractivity contribution in [2.45, 2.75) is 38.6 Å². The number of benzene rings is 2. The average Bonchev–Trinajstić information content (AvgIpc) is 3.27. The minimum Gasteiger partial charge on any atom is -0.308 e.